The van der Waals surface area contributed by atoms with Gasteiger partial charge in [0.1, 0.15) is 11.7 Å². The summed E-state index contributed by atoms with van der Waals surface area (Å²) in [4.78, 5) is 12.1. The fourth-order valence-corrected chi connectivity index (χ4v) is 2.16. The van der Waals surface area contributed by atoms with Gasteiger partial charge in [-0.25, -0.2) is 0 Å². The normalized spacial score (nSPS) is 22.9. The van der Waals surface area contributed by atoms with Gasteiger partial charge in [0.2, 0.25) is 0 Å². The van der Waals surface area contributed by atoms with Crippen LogP contribution in [0.1, 0.15) is 31.7 Å². The van der Waals surface area contributed by atoms with Gasteiger partial charge >= 0.3 is 0 Å². The first-order valence-electron chi connectivity index (χ1n) is 6.33. The third kappa shape index (κ3) is 2.53. The van der Waals surface area contributed by atoms with Crippen LogP contribution in [0, 0.1) is 23.2 Å². The Balaban J connectivity index is 2.13. The molecule has 1 aliphatic carbocycles. The van der Waals surface area contributed by atoms with Crippen molar-refractivity contribution in [1.82, 2.24) is 0 Å². The van der Waals surface area contributed by atoms with E-state index in [0.717, 1.165) is 17.7 Å². The van der Waals surface area contributed by atoms with E-state index in [4.69, 9.17) is 4.74 Å². The monoisotopic (exact) mass is 243 g/mol. The molecule has 94 valence electrons. The van der Waals surface area contributed by atoms with Gasteiger partial charge in [-0.2, -0.15) is 5.26 Å². The lowest BCUT2D eigenvalue weighted by atomic mass is 9.93. The van der Waals surface area contributed by atoms with E-state index >= 15 is 0 Å². The summed E-state index contributed by atoms with van der Waals surface area (Å²) in [5.74, 6) is 0.729. The van der Waals surface area contributed by atoms with Gasteiger partial charge in [0.05, 0.1) is 12.7 Å². The minimum atomic E-state index is -0.629. The molecular weight excluding hydrogens is 226 g/mol. The summed E-state index contributed by atoms with van der Waals surface area (Å²) in [5.41, 5.74) is 0.769. The number of nitriles is 1. The molecule has 1 fully saturated rings. The molecule has 0 amide bonds. The zero-order valence-electron chi connectivity index (χ0n) is 10.7. The highest BCUT2D eigenvalue weighted by Crippen LogP contribution is 2.42. The first-order chi connectivity index (χ1) is 8.67. The highest BCUT2D eigenvalue weighted by molar-refractivity contribution is 5.92. The van der Waals surface area contributed by atoms with Crippen molar-refractivity contribution in [3.05, 3.63) is 29.8 Å². The maximum atomic E-state index is 12.1. The van der Waals surface area contributed by atoms with E-state index < -0.39 is 5.92 Å². The molecule has 0 N–H and O–H groups in total. The van der Waals surface area contributed by atoms with Crippen LogP contribution in [0.4, 0.5) is 0 Å². The third-order valence-electron chi connectivity index (χ3n) is 3.41. The summed E-state index contributed by atoms with van der Waals surface area (Å²) in [5, 5.41) is 9.18. The Labute approximate surface area is 107 Å². The average Bonchev–Trinajstić information content (AvgIpc) is 3.10. The van der Waals surface area contributed by atoms with Crippen LogP contribution in [0.25, 0.3) is 0 Å². The molecule has 18 heavy (non-hydrogen) atoms. The second-order valence-electron chi connectivity index (χ2n) is 4.79. The number of hydrogen-bond acceptors (Lipinski definition) is 3. The van der Waals surface area contributed by atoms with Gasteiger partial charge < -0.3 is 4.74 Å². The molecule has 0 aliphatic heterocycles. The van der Waals surface area contributed by atoms with Crippen LogP contribution in [-0.2, 0) is 4.79 Å². The molecule has 1 saturated carbocycles. The summed E-state index contributed by atoms with van der Waals surface area (Å²) in [6.07, 6.45) is 0.925. The topological polar surface area (TPSA) is 50.1 Å². The molecule has 0 bridgehead atoms. The zero-order valence-corrected chi connectivity index (χ0v) is 10.7. The zero-order chi connectivity index (χ0) is 13.1. The Morgan fingerprint density at radius 2 is 2.11 bits per heavy atom. The van der Waals surface area contributed by atoms with Gasteiger partial charge in [0.15, 0.2) is 5.78 Å². The molecule has 0 spiro atoms. The molecule has 3 heteroatoms. The number of ketones is 1. The van der Waals surface area contributed by atoms with Crippen LogP contribution in [0.5, 0.6) is 5.75 Å². The van der Waals surface area contributed by atoms with Crippen LogP contribution in [0.3, 0.4) is 0 Å². The molecule has 0 radical (unpaired) electrons. The fraction of sp³-hybridized carbons (Fsp3) is 0.467. The maximum Gasteiger partial charge on any atom is 0.157 e. The van der Waals surface area contributed by atoms with Crippen molar-refractivity contribution in [2.24, 2.45) is 11.8 Å². The van der Waals surface area contributed by atoms with Crippen LogP contribution in [-0.4, -0.2) is 12.4 Å². The van der Waals surface area contributed by atoms with Crippen molar-refractivity contribution >= 4 is 5.78 Å². The minimum Gasteiger partial charge on any atom is -0.494 e. The number of Topliss-reactive ketones (excluding diaryl/α,β-unsaturated/α-hetero) is 1. The van der Waals surface area contributed by atoms with E-state index in [1.54, 1.807) is 0 Å². The number of ether oxygens (including phenoxy) is 1. The molecule has 0 saturated heterocycles. The van der Waals surface area contributed by atoms with Crippen LogP contribution < -0.4 is 4.74 Å². The second kappa shape index (κ2) is 5.22. The van der Waals surface area contributed by atoms with Crippen molar-refractivity contribution in [2.45, 2.75) is 26.2 Å². The van der Waals surface area contributed by atoms with Crippen LogP contribution in [0.15, 0.2) is 24.3 Å². The number of carbonyl (C=O) groups is 1. The highest BCUT2D eigenvalue weighted by Gasteiger charge is 2.42. The molecule has 2 rings (SSSR count). The summed E-state index contributed by atoms with van der Waals surface area (Å²) < 4.78 is 5.34. The van der Waals surface area contributed by atoms with E-state index in [9.17, 15) is 10.1 Å². The van der Waals surface area contributed by atoms with Crippen molar-refractivity contribution in [3.63, 3.8) is 0 Å². The number of rotatable bonds is 5. The predicted octanol–water partition coefficient (Wildman–Crippen LogP) is 2.92. The number of nitrogens with zero attached hydrogens (tertiary/aromatic N) is 1. The smallest absolute Gasteiger partial charge is 0.157 e. The third-order valence-corrected chi connectivity index (χ3v) is 3.41. The summed E-state index contributed by atoms with van der Waals surface area (Å²) in [6.45, 7) is 4.58. The Morgan fingerprint density at radius 3 is 2.56 bits per heavy atom. The van der Waals surface area contributed by atoms with Gasteiger partial charge in [0, 0.05) is 5.92 Å². The van der Waals surface area contributed by atoms with Crippen LogP contribution >= 0.6 is 0 Å². The number of carbonyl (C=O) groups excluding carboxylic acids is 1. The lowest BCUT2D eigenvalue weighted by Gasteiger charge is -2.09. The van der Waals surface area contributed by atoms with Crippen molar-refractivity contribution in [3.8, 4) is 11.8 Å². The minimum absolute atomic E-state index is 0.0640. The Bertz CT molecular complexity index is 472. The standard InChI is InChI=1S/C15H17NO2/c1-3-18-12-6-4-11(5-7-12)14(9-16)15(17)13-8-10(13)2/h4-7,10,13-14H,3,8H2,1-2H3. The molecule has 3 nitrogen and oxygen atoms in total. The SMILES string of the molecule is CCOc1ccc(C(C#N)C(=O)C2CC2C)cc1. The molecule has 3 atom stereocenters. The molecule has 0 heterocycles. The highest BCUT2D eigenvalue weighted by atomic mass is 16.5. The number of hydrogen-bond donors (Lipinski definition) is 0. The molecule has 0 aromatic heterocycles. The van der Waals surface area contributed by atoms with Crippen molar-refractivity contribution in [2.75, 3.05) is 6.61 Å². The molecule has 1 aromatic carbocycles. The summed E-state index contributed by atoms with van der Waals surface area (Å²) >= 11 is 0. The summed E-state index contributed by atoms with van der Waals surface area (Å²) in [6, 6.07) is 9.36. The largest absolute Gasteiger partial charge is 0.494 e. The maximum absolute atomic E-state index is 12.1. The Kier molecular flexibility index (Phi) is 3.66. The quantitative estimate of drug-likeness (QED) is 0.799. The first kappa shape index (κ1) is 12.6. The van der Waals surface area contributed by atoms with Gasteiger partial charge in [-0.05, 0) is 37.0 Å². The van der Waals surface area contributed by atoms with Gasteiger partial charge in [-0.15, -0.1) is 0 Å². The molecule has 1 aliphatic rings. The van der Waals surface area contributed by atoms with Gasteiger partial charge in [0.25, 0.3) is 0 Å². The van der Waals surface area contributed by atoms with Gasteiger partial charge in [-0.1, -0.05) is 19.1 Å². The van der Waals surface area contributed by atoms with E-state index in [2.05, 4.69) is 13.0 Å². The van der Waals surface area contributed by atoms with E-state index in [1.807, 2.05) is 31.2 Å². The van der Waals surface area contributed by atoms with Crippen molar-refractivity contribution < 1.29 is 9.53 Å². The summed E-state index contributed by atoms with van der Waals surface area (Å²) in [7, 11) is 0. The lowest BCUT2D eigenvalue weighted by Crippen LogP contribution is -2.13. The fourth-order valence-electron chi connectivity index (χ4n) is 2.16. The van der Waals surface area contributed by atoms with E-state index in [1.165, 1.54) is 0 Å². The van der Waals surface area contributed by atoms with E-state index in [0.29, 0.717) is 12.5 Å². The molecular formula is C15H17NO2. The molecule has 3 unspecified atom stereocenters. The van der Waals surface area contributed by atoms with Gasteiger partial charge in [-0.3, -0.25) is 4.79 Å². The number of benzene rings is 1. The lowest BCUT2D eigenvalue weighted by molar-refractivity contribution is -0.120. The first-order valence-corrected chi connectivity index (χ1v) is 6.33. The second-order valence-corrected chi connectivity index (χ2v) is 4.79. The predicted molar refractivity (Wildman–Crippen MR) is 68.2 cm³/mol. The van der Waals surface area contributed by atoms with Crippen molar-refractivity contribution in [1.29, 1.82) is 5.26 Å². The molecule has 1 aromatic rings. The van der Waals surface area contributed by atoms with E-state index in [-0.39, 0.29) is 11.7 Å². The Morgan fingerprint density at radius 1 is 1.50 bits per heavy atom. The average molecular weight is 243 g/mol. The Hall–Kier alpha value is -1.82. The van der Waals surface area contributed by atoms with Crippen LogP contribution in [0.2, 0.25) is 0 Å².